The Hall–Kier alpha value is -0.660. The number of ether oxygens (including phenoxy) is 1. The Balaban J connectivity index is 1.72. The van der Waals surface area contributed by atoms with Gasteiger partial charge in [-0.1, -0.05) is 18.7 Å². The summed E-state index contributed by atoms with van der Waals surface area (Å²) < 4.78 is 7.27. The van der Waals surface area contributed by atoms with Crippen LogP contribution in [0.4, 0.5) is 0 Å². The van der Waals surface area contributed by atoms with E-state index >= 15 is 0 Å². The van der Waals surface area contributed by atoms with Gasteiger partial charge in [0, 0.05) is 25.5 Å². The quantitative estimate of drug-likeness (QED) is 0.572. The van der Waals surface area contributed by atoms with Gasteiger partial charge in [-0.3, -0.25) is 0 Å². The zero-order valence-electron chi connectivity index (χ0n) is 11.5. The molecule has 2 heterocycles. The minimum absolute atomic E-state index is 0.738. The Labute approximate surface area is 118 Å². The number of thioether (sulfide) groups is 1. The van der Waals surface area contributed by atoms with Gasteiger partial charge in [-0.25, -0.2) is 4.68 Å². The second-order valence-corrected chi connectivity index (χ2v) is 5.79. The summed E-state index contributed by atoms with van der Waals surface area (Å²) in [5.41, 5.74) is 0. The van der Waals surface area contributed by atoms with E-state index in [9.17, 15) is 0 Å². The van der Waals surface area contributed by atoms with Crippen molar-refractivity contribution in [2.45, 2.75) is 37.9 Å². The topological polar surface area (TPSA) is 64.9 Å². The van der Waals surface area contributed by atoms with Crippen LogP contribution >= 0.6 is 11.8 Å². The normalized spacial score (nSPS) is 16.9. The molecule has 1 aromatic heterocycles. The molecule has 2 rings (SSSR count). The molecule has 0 amide bonds. The molecular formula is C12H23N5OS. The molecule has 1 saturated heterocycles. The molecule has 0 aliphatic carbocycles. The van der Waals surface area contributed by atoms with E-state index in [2.05, 4.69) is 27.8 Å². The van der Waals surface area contributed by atoms with Gasteiger partial charge in [-0.15, -0.1) is 5.10 Å². The maximum Gasteiger partial charge on any atom is 0.209 e. The smallest absolute Gasteiger partial charge is 0.209 e. The second kappa shape index (κ2) is 8.50. The fourth-order valence-corrected chi connectivity index (χ4v) is 3.12. The lowest BCUT2D eigenvalue weighted by molar-refractivity contribution is 0.0727. The summed E-state index contributed by atoms with van der Waals surface area (Å²) in [5, 5.41) is 16.2. The van der Waals surface area contributed by atoms with Crippen LogP contribution in [0.5, 0.6) is 0 Å². The first-order valence-corrected chi connectivity index (χ1v) is 8.06. The third-order valence-corrected chi connectivity index (χ3v) is 4.40. The van der Waals surface area contributed by atoms with Gasteiger partial charge < -0.3 is 10.1 Å². The minimum atomic E-state index is 0.738. The lowest BCUT2D eigenvalue weighted by Crippen LogP contribution is -2.22. The van der Waals surface area contributed by atoms with Crippen molar-refractivity contribution < 1.29 is 4.74 Å². The summed E-state index contributed by atoms with van der Waals surface area (Å²) in [6.45, 7) is 6.77. The molecule has 1 fully saturated rings. The van der Waals surface area contributed by atoms with Crippen LogP contribution in [0.1, 0.15) is 26.2 Å². The molecule has 1 aromatic rings. The van der Waals surface area contributed by atoms with Crippen molar-refractivity contribution in [1.29, 1.82) is 0 Å². The Morgan fingerprint density at radius 3 is 3.00 bits per heavy atom. The lowest BCUT2D eigenvalue weighted by Gasteiger charge is -2.21. The Morgan fingerprint density at radius 2 is 2.21 bits per heavy atom. The van der Waals surface area contributed by atoms with Crippen LogP contribution in [-0.2, 0) is 11.3 Å². The van der Waals surface area contributed by atoms with E-state index in [1.807, 2.05) is 4.68 Å². The van der Waals surface area contributed by atoms with E-state index in [0.717, 1.165) is 68.9 Å². The molecule has 0 radical (unpaired) electrons. The van der Waals surface area contributed by atoms with Crippen LogP contribution in [0.25, 0.3) is 0 Å². The van der Waals surface area contributed by atoms with Gasteiger partial charge in [0.2, 0.25) is 5.16 Å². The number of aromatic nitrogens is 4. The molecule has 0 bridgehead atoms. The van der Waals surface area contributed by atoms with Crippen molar-refractivity contribution in [2.24, 2.45) is 5.92 Å². The molecule has 1 N–H and O–H groups in total. The maximum absolute atomic E-state index is 5.37. The number of hydrogen-bond acceptors (Lipinski definition) is 6. The van der Waals surface area contributed by atoms with E-state index < -0.39 is 0 Å². The third-order valence-electron chi connectivity index (χ3n) is 3.22. The minimum Gasteiger partial charge on any atom is -0.381 e. The number of rotatable bonds is 8. The Kier molecular flexibility index (Phi) is 6.59. The van der Waals surface area contributed by atoms with Crippen LogP contribution in [0.3, 0.4) is 0 Å². The SMILES string of the molecule is CCCNCCn1nnnc1SCC1CCOCC1. The summed E-state index contributed by atoms with van der Waals surface area (Å²) in [6, 6.07) is 0. The van der Waals surface area contributed by atoms with Crippen LogP contribution in [0, 0.1) is 5.92 Å². The molecule has 0 spiro atoms. The first kappa shape index (κ1) is 14.7. The van der Waals surface area contributed by atoms with Gasteiger partial charge in [-0.2, -0.15) is 0 Å². The molecule has 1 aliphatic rings. The predicted molar refractivity (Wildman–Crippen MR) is 75.2 cm³/mol. The van der Waals surface area contributed by atoms with Crippen LogP contribution < -0.4 is 5.32 Å². The molecule has 6 nitrogen and oxygen atoms in total. The second-order valence-electron chi connectivity index (χ2n) is 4.80. The fourth-order valence-electron chi connectivity index (χ4n) is 2.03. The first-order chi connectivity index (χ1) is 9.40. The Bertz CT molecular complexity index is 354. The molecule has 0 atom stereocenters. The summed E-state index contributed by atoms with van der Waals surface area (Å²) in [4.78, 5) is 0. The van der Waals surface area contributed by atoms with E-state index in [1.165, 1.54) is 0 Å². The molecule has 19 heavy (non-hydrogen) atoms. The van der Waals surface area contributed by atoms with Crippen molar-refractivity contribution in [1.82, 2.24) is 25.5 Å². The first-order valence-electron chi connectivity index (χ1n) is 7.07. The molecule has 0 unspecified atom stereocenters. The van der Waals surface area contributed by atoms with E-state index in [0.29, 0.717) is 0 Å². The number of nitrogens with one attached hydrogen (secondary N) is 1. The van der Waals surface area contributed by atoms with E-state index in [-0.39, 0.29) is 0 Å². The summed E-state index contributed by atoms with van der Waals surface area (Å²) >= 11 is 1.77. The zero-order chi connectivity index (χ0) is 13.3. The van der Waals surface area contributed by atoms with Crippen molar-refractivity contribution >= 4 is 11.8 Å². The highest BCUT2D eigenvalue weighted by Crippen LogP contribution is 2.23. The van der Waals surface area contributed by atoms with Crippen LogP contribution in [0.2, 0.25) is 0 Å². The van der Waals surface area contributed by atoms with Gasteiger partial charge in [0.05, 0.1) is 6.54 Å². The van der Waals surface area contributed by atoms with Crippen molar-refractivity contribution in [2.75, 3.05) is 32.1 Å². The van der Waals surface area contributed by atoms with Gasteiger partial charge in [0.25, 0.3) is 0 Å². The largest absolute Gasteiger partial charge is 0.381 e. The summed E-state index contributed by atoms with van der Waals surface area (Å²) in [6.07, 6.45) is 3.47. The third kappa shape index (κ3) is 5.08. The number of nitrogens with zero attached hydrogens (tertiary/aromatic N) is 4. The van der Waals surface area contributed by atoms with Gasteiger partial charge in [-0.05, 0) is 42.2 Å². The molecule has 0 aromatic carbocycles. The standard InChI is InChI=1S/C12H23N5OS/c1-2-5-13-6-7-17-12(14-15-16-17)19-10-11-3-8-18-9-4-11/h11,13H,2-10H2,1H3. The van der Waals surface area contributed by atoms with Crippen molar-refractivity contribution in [3.05, 3.63) is 0 Å². The van der Waals surface area contributed by atoms with Gasteiger partial charge in [0.15, 0.2) is 0 Å². The van der Waals surface area contributed by atoms with E-state index in [4.69, 9.17) is 4.74 Å². The molecule has 0 saturated carbocycles. The average Bonchev–Trinajstić information content (AvgIpc) is 2.90. The lowest BCUT2D eigenvalue weighted by atomic mass is 10.0. The molecule has 1 aliphatic heterocycles. The summed E-state index contributed by atoms with van der Waals surface area (Å²) in [7, 11) is 0. The van der Waals surface area contributed by atoms with Crippen LogP contribution in [0.15, 0.2) is 5.16 Å². The van der Waals surface area contributed by atoms with Crippen molar-refractivity contribution in [3.8, 4) is 0 Å². The van der Waals surface area contributed by atoms with Gasteiger partial charge in [0.1, 0.15) is 0 Å². The molecule has 108 valence electrons. The fraction of sp³-hybridized carbons (Fsp3) is 0.917. The van der Waals surface area contributed by atoms with Crippen molar-refractivity contribution in [3.63, 3.8) is 0 Å². The van der Waals surface area contributed by atoms with Crippen LogP contribution in [-0.4, -0.2) is 52.3 Å². The monoisotopic (exact) mass is 285 g/mol. The highest BCUT2D eigenvalue weighted by molar-refractivity contribution is 7.99. The van der Waals surface area contributed by atoms with Gasteiger partial charge >= 0.3 is 0 Å². The Morgan fingerprint density at radius 1 is 1.37 bits per heavy atom. The molecule has 7 heteroatoms. The average molecular weight is 285 g/mol. The van der Waals surface area contributed by atoms with E-state index in [1.54, 1.807) is 11.8 Å². The summed E-state index contributed by atoms with van der Waals surface area (Å²) in [5.74, 6) is 1.83. The number of hydrogen-bond donors (Lipinski definition) is 1. The highest BCUT2D eigenvalue weighted by Gasteiger charge is 2.16. The number of tetrazole rings is 1. The maximum atomic E-state index is 5.37. The highest BCUT2D eigenvalue weighted by atomic mass is 32.2. The molecular weight excluding hydrogens is 262 g/mol. The zero-order valence-corrected chi connectivity index (χ0v) is 12.4. The predicted octanol–water partition coefficient (Wildman–Crippen LogP) is 1.19.